The van der Waals surface area contributed by atoms with Gasteiger partial charge in [0, 0.05) is 45.2 Å². The molecule has 1 fully saturated rings. The van der Waals surface area contributed by atoms with E-state index in [0.717, 1.165) is 45.2 Å². The van der Waals surface area contributed by atoms with Gasteiger partial charge >= 0.3 is 0 Å². The van der Waals surface area contributed by atoms with Gasteiger partial charge in [0.1, 0.15) is 0 Å². The molecule has 0 radical (unpaired) electrons. The van der Waals surface area contributed by atoms with Crippen molar-refractivity contribution in [3.05, 3.63) is 24.5 Å². The summed E-state index contributed by atoms with van der Waals surface area (Å²) in [5.41, 5.74) is 0. The zero-order chi connectivity index (χ0) is 14.0. The van der Waals surface area contributed by atoms with Crippen LogP contribution in [0.4, 0.5) is 0 Å². The van der Waals surface area contributed by atoms with Gasteiger partial charge in [0.15, 0.2) is 5.96 Å². The maximum atomic E-state index is 5.61. The Morgan fingerprint density at radius 3 is 2.81 bits per heavy atom. The van der Waals surface area contributed by atoms with Crippen LogP contribution in [-0.4, -0.2) is 42.9 Å². The minimum Gasteiger partial charge on any atom is -0.378 e. The van der Waals surface area contributed by atoms with Crippen LogP contribution < -0.4 is 10.6 Å². The molecule has 1 aliphatic heterocycles. The first-order valence-electron chi connectivity index (χ1n) is 7.63. The number of aromatic nitrogens is 1. The Labute approximate surface area is 144 Å². The molecule has 6 heteroatoms. The van der Waals surface area contributed by atoms with Crippen molar-refractivity contribution >= 4 is 29.9 Å². The van der Waals surface area contributed by atoms with Gasteiger partial charge in [-0.3, -0.25) is 4.99 Å². The molecule has 1 unspecified atom stereocenters. The van der Waals surface area contributed by atoms with Crippen molar-refractivity contribution in [2.75, 3.05) is 26.2 Å². The fraction of sp³-hybridized carbons (Fsp3) is 0.667. The van der Waals surface area contributed by atoms with Gasteiger partial charge in [0.2, 0.25) is 0 Å². The molecule has 0 bridgehead atoms. The highest BCUT2D eigenvalue weighted by molar-refractivity contribution is 14.0. The van der Waals surface area contributed by atoms with E-state index in [1.807, 2.05) is 12.1 Å². The molecule has 21 heavy (non-hydrogen) atoms. The summed E-state index contributed by atoms with van der Waals surface area (Å²) in [6, 6.07) is 4.09. The van der Waals surface area contributed by atoms with E-state index in [1.54, 1.807) is 0 Å². The van der Waals surface area contributed by atoms with Crippen LogP contribution in [0.5, 0.6) is 0 Å². The van der Waals surface area contributed by atoms with E-state index in [1.165, 1.54) is 12.8 Å². The second-order valence-electron chi connectivity index (χ2n) is 5.03. The normalized spacial score (nSPS) is 18.3. The summed E-state index contributed by atoms with van der Waals surface area (Å²) in [4.78, 5) is 4.60. The molecule has 1 atom stereocenters. The van der Waals surface area contributed by atoms with Crippen LogP contribution >= 0.6 is 24.0 Å². The maximum Gasteiger partial charge on any atom is 0.191 e. The molecule has 1 aromatic rings. The van der Waals surface area contributed by atoms with E-state index in [-0.39, 0.29) is 24.0 Å². The van der Waals surface area contributed by atoms with Gasteiger partial charge in [-0.05, 0) is 38.3 Å². The standard InChI is InChI=1S/C15H26N4O.HI/c1-2-16-15(17-8-7-14-6-5-13-20-14)18-9-12-19-10-3-4-11-19;/h3-4,10-11,14H,2,5-9,12-13H2,1H3,(H2,16,17,18);1H. The highest BCUT2D eigenvalue weighted by atomic mass is 127. The molecule has 1 aromatic heterocycles. The van der Waals surface area contributed by atoms with E-state index in [2.05, 4.69) is 39.5 Å². The molecule has 0 amide bonds. The Morgan fingerprint density at radius 1 is 1.33 bits per heavy atom. The SMILES string of the molecule is CCNC(=NCCC1CCCO1)NCCn1cccc1.I. The number of rotatable bonds is 7. The number of halogens is 1. The lowest BCUT2D eigenvalue weighted by atomic mass is 10.2. The van der Waals surface area contributed by atoms with Crippen molar-refractivity contribution in [1.29, 1.82) is 0 Å². The summed E-state index contributed by atoms with van der Waals surface area (Å²) >= 11 is 0. The monoisotopic (exact) mass is 406 g/mol. The molecule has 2 heterocycles. The van der Waals surface area contributed by atoms with Crippen molar-refractivity contribution in [3.63, 3.8) is 0 Å². The van der Waals surface area contributed by atoms with Crippen molar-refractivity contribution in [3.8, 4) is 0 Å². The van der Waals surface area contributed by atoms with Crippen molar-refractivity contribution in [2.45, 2.75) is 38.8 Å². The summed E-state index contributed by atoms with van der Waals surface area (Å²) in [7, 11) is 0. The number of guanidine groups is 1. The Balaban J connectivity index is 0.00000220. The third-order valence-corrected chi connectivity index (χ3v) is 3.42. The average Bonchev–Trinajstić information content (AvgIpc) is 3.11. The van der Waals surface area contributed by atoms with Crippen LogP contribution in [0.25, 0.3) is 0 Å². The number of nitrogens with zero attached hydrogens (tertiary/aromatic N) is 2. The van der Waals surface area contributed by atoms with E-state index < -0.39 is 0 Å². The highest BCUT2D eigenvalue weighted by Gasteiger charge is 2.14. The van der Waals surface area contributed by atoms with Gasteiger partial charge in [-0.1, -0.05) is 0 Å². The number of hydrogen-bond acceptors (Lipinski definition) is 2. The minimum absolute atomic E-state index is 0. The molecule has 0 aliphatic carbocycles. The molecular formula is C15H27IN4O. The topological polar surface area (TPSA) is 50.6 Å². The van der Waals surface area contributed by atoms with E-state index >= 15 is 0 Å². The van der Waals surface area contributed by atoms with Gasteiger partial charge in [0.05, 0.1) is 6.10 Å². The summed E-state index contributed by atoms with van der Waals surface area (Å²) in [5, 5.41) is 6.64. The van der Waals surface area contributed by atoms with Crippen LogP contribution in [0.2, 0.25) is 0 Å². The Hall–Kier alpha value is -0.760. The lowest BCUT2D eigenvalue weighted by Crippen LogP contribution is -2.39. The molecule has 2 N–H and O–H groups in total. The molecular weight excluding hydrogens is 379 g/mol. The zero-order valence-electron chi connectivity index (χ0n) is 12.8. The molecule has 0 spiro atoms. The van der Waals surface area contributed by atoms with Crippen molar-refractivity contribution in [1.82, 2.24) is 15.2 Å². The molecule has 0 saturated carbocycles. The van der Waals surface area contributed by atoms with Crippen LogP contribution in [0.15, 0.2) is 29.5 Å². The van der Waals surface area contributed by atoms with Gasteiger partial charge < -0.3 is 19.9 Å². The average molecular weight is 406 g/mol. The van der Waals surface area contributed by atoms with Gasteiger partial charge in [-0.2, -0.15) is 0 Å². The summed E-state index contributed by atoms with van der Waals surface area (Å²) in [6.07, 6.45) is 7.97. The van der Waals surface area contributed by atoms with Crippen LogP contribution in [-0.2, 0) is 11.3 Å². The molecule has 0 aromatic carbocycles. The minimum atomic E-state index is 0. The predicted molar refractivity (Wildman–Crippen MR) is 97.4 cm³/mol. The summed E-state index contributed by atoms with van der Waals surface area (Å²) in [5.74, 6) is 0.901. The Bertz CT molecular complexity index is 388. The Kier molecular flexibility index (Phi) is 9.49. The molecule has 5 nitrogen and oxygen atoms in total. The third-order valence-electron chi connectivity index (χ3n) is 3.42. The lowest BCUT2D eigenvalue weighted by molar-refractivity contribution is 0.106. The van der Waals surface area contributed by atoms with Crippen molar-refractivity contribution in [2.24, 2.45) is 4.99 Å². The van der Waals surface area contributed by atoms with E-state index in [4.69, 9.17) is 4.74 Å². The Morgan fingerprint density at radius 2 is 2.14 bits per heavy atom. The number of aliphatic imine (C=N–C) groups is 1. The van der Waals surface area contributed by atoms with Crippen LogP contribution in [0.1, 0.15) is 26.2 Å². The molecule has 1 aliphatic rings. The summed E-state index contributed by atoms with van der Waals surface area (Å²) in [6.45, 7) is 6.54. The zero-order valence-corrected chi connectivity index (χ0v) is 15.1. The lowest BCUT2D eigenvalue weighted by Gasteiger charge is -2.12. The quantitative estimate of drug-likeness (QED) is 0.415. The molecule has 1 saturated heterocycles. The first kappa shape index (κ1) is 18.3. The van der Waals surface area contributed by atoms with Gasteiger partial charge in [-0.25, -0.2) is 0 Å². The molecule has 120 valence electrons. The van der Waals surface area contributed by atoms with Crippen LogP contribution in [0.3, 0.4) is 0 Å². The van der Waals surface area contributed by atoms with Gasteiger partial charge in [-0.15, -0.1) is 24.0 Å². The third kappa shape index (κ3) is 7.17. The number of hydrogen-bond donors (Lipinski definition) is 2. The van der Waals surface area contributed by atoms with E-state index in [9.17, 15) is 0 Å². The smallest absolute Gasteiger partial charge is 0.191 e. The second kappa shape index (κ2) is 10.9. The first-order valence-corrected chi connectivity index (χ1v) is 7.63. The van der Waals surface area contributed by atoms with Crippen molar-refractivity contribution < 1.29 is 4.74 Å². The fourth-order valence-corrected chi connectivity index (χ4v) is 2.36. The second-order valence-corrected chi connectivity index (χ2v) is 5.03. The van der Waals surface area contributed by atoms with E-state index in [0.29, 0.717) is 6.10 Å². The number of nitrogens with one attached hydrogen (secondary N) is 2. The number of ether oxygens (including phenoxy) is 1. The fourth-order valence-electron chi connectivity index (χ4n) is 2.36. The largest absolute Gasteiger partial charge is 0.378 e. The maximum absolute atomic E-state index is 5.61. The van der Waals surface area contributed by atoms with Crippen LogP contribution in [0, 0.1) is 0 Å². The van der Waals surface area contributed by atoms with Gasteiger partial charge in [0.25, 0.3) is 0 Å². The first-order chi connectivity index (χ1) is 9.88. The highest BCUT2D eigenvalue weighted by Crippen LogP contribution is 2.14. The summed E-state index contributed by atoms with van der Waals surface area (Å²) < 4.78 is 7.77. The predicted octanol–water partition coefficient (Wildman–Crippen LogP) is 2.23. The molecule has 2 rings (SSSR count).